The molecule has 3 aromatic carbocycles. The van der Waals surface area contributed by atoms with Crippen molar-refractivity contribution in [3.8, 4) is 0 Å². The second kappa shape index (κ2) is 9.46. The number of benzene rings is 3. The lowest BCUT2D eigenvalue weighted by atomic mass is 9.98. The zero-order chi connectivity index (χ0) is 23.4. The number of para-hydroxylation sites is 1. The Kier molecular flexibility index (Phi) is 6.46. The zero-order valence-corrected chi connectivity index (χ0v) is 19.3. The van der Waals surface area contributed by atoms with Crippen molar-refractivity contribution in [1.82, 2.24) is 4.72 Å². The Morgan fingerprint density at radius 1 is 0.909 bits per heavy atom. The van der Waals surface area contributed by atoms with Crippen molar-refractivity contribution in [3.63, 3.8) is 0 Å². The Bertz CT molecular complexity index is 1270. The Hall–Kier alpha value is -3.65. The van der Waals surface area contributed by atoms with Gasteiger partial charge < -0.3 is 10.6 Å². The van der Waals surface area contributed by atoms with E-state index in [2.05, 4.69) is 20.3 Å². The first-order valence-electron chi connectivity index (χ1n) is 10.8. The molecule has 0 radical (unpaired) electrons. The zero-order valence-electron chi connectivity index (χ0n) is 18.4. The minimum Gasteiger partial charge on any atom is -0.356 e. The highest BCUT2D eigenvalue weighted by Gasteiger charge is 2.33. The third-order valence-corrected chi connectivity index (χ3v) is 6.99. The van der Waals surface area contributed by atoms with Gasteiger partial charge in [0, 0.05) is 22.6 Å². The van der Waals surface area contributed by atoms with Gasteiger partial charge in [0.25, 0.3) is 10.0 Å². The van der Waals surface area contributed by atoms with E-state index in [0.29, 0.717) is 17.7 Å². The van der Waals surface area contributed by atoms with Crippen LogP contribution in [0.25, 0.3) is 0 Å². The number of carbonyl (C=O) groups is 1. The van der Waals surface area contributed by atoms with Gasteiger partial charge in [0.15, 0.2) is 0 Å². The Balaban J connectivity index is 1.53. The third-order valence-electron chi connectivity index (χ3n) is 5.60. The molecule has 1 aliphatic heterocycles. The molecule has 7 nitrogen and oxygen atoms in total. The van der Waals surface area contributed by atoms with E-state index < -0.39 is 16.1 Å². The summed E-state index contributed by atoms with van der Waals surface area (Å²) in [5, 5.41) is 6.22. The van der Waals surface area contributed by atoms with Gasteiger partial charge in [0.2, 0.25) is 5.91 Å². The van der Waals surface area contributed by atoms with Crippen LogP contribution in [0.1, 0.15) is 25.8 Å². The second-order valence-electron chi connectivity index (χ2n) is 7.97. The molecule has 3 N–H and O–H groups in total. The molecular formula is C25H26N4O3S. The van der Waals surface area contributed by atoms with Crippen molar-refractivity contribution in [2.24, 2.45) is 10.9 Å². The maximum absolute atomic E-state index is 13.1. The van der Waals surface area contributed by atoms with Crippen molar-refractivity contribution in [2.75, 3.05) is 10.6 Å². The molecule has 1 aliphatic rings. The smallest absolute Gasteiger partial charge is 0.263 e. The number of nitrogens with one attached hydrogen (secondary N) is 3. The Morgan fingerprint density at radius 2 is 1.52 bits per heavy atom. The van der Waals surface area contributed by atoms with Crippen molar-refractivity contribution in [3.05, 3.63) is 84.4 Å². The fraction of sp³-hybridized carbons (Fsp3) is 0.200. The van der Waals surface area contributed by atoms with Crippen LogP contribution >= 0.6 is 0 Å². The molecule has 1 amide bonds. The summed E-state index contributed by atoms with van der Waals surface area (Å²) < 4.78 is 27.3. The summed E-state index contributed by atoms with van der Waals surface area (Å²) in [7, 11) is -3.67. The van der Waals surface area contributed by atoms with Crippen LogP contribution in [0, 0.1) is 5.92 Å². The van der Waals surface area contributed by atoms with Gasteiger partial charge in [0.1, 0.15) is 11.9 Å². The molecule has 8 heteroatoms. The number of aliphatic imine (C=N–C) groups is 1. The van der Waals surface area contributed by atoms with Crippen LogP contribution in [0.5, 0.6) is 0 Å². The molecular weight excluding hydrogens is 436 g/mol. The quantitative estimate of drug-likeness (QED) is 0.481. The summed E-state index contributed by atoms with van der Waals surface area (Å²) in [6.07, 6.45) is 0.712. The Morgan fingerprint density at radius 3 is 2.21 bits per heavy atom. The molecule has 33 heavy (non-hydrogen) atoms. The molecule has 0 aliphatic carbocycles. The van der Waals surface area contributed by atoms with Gasteiger partial charge in [-0.25, -0.2) is 8.42 Å². The van der Waals surface area contributed by atoms with Gasteiger partial charge in [-0.05, 0) is 54.4 Å². The van der Waals surface area contributed by atoms with Crippen molar-refractivity contribution in [1.29, 1.82) is 0 Å². The van der Waals surface area contributed by atoms with E-state index in [1.807, 2.05) is 68.4 Å². The number of fused-ring (bicyclic) bond motifs is 1. The van der Waals surface area contributed by atoms with Crippen molar-refractivity contribution >= 4 is 38.8 Å². The van der Waals surface area contributed by atoms with Crippen LogP contribution in [0.4, 0.5) is 17.1 Å². The molecule has 0 fully saturated rings. The fourth-order valence-corrected chi connectivity index (χ4v) is 4.82. The van der Waals surface area contributed by atoms with E-state index in [4.69, 9.17) is 0 Å². The molecule has 0 spiro atoms. The summed E-state index contributed by atoms with van der Waals surface area (Å²) in [6.45, 7) is 3.90. The summed E-state index contributed by atoms with van der Waals surface area (Å²) in [6, 6.07) is 23.1. The van der Waals surface area contributed by atoms with E-state index in [1.54, 1.807) is 18.2 Å². The minimum absolute atomic E-state index is 0.0891. The lowest BCUT2D eigenvalue weighted by Crippen LogP contribution is -2.34. The second-order valence-corrected chi connectivity index (χ2v) is 9.62. The number of amides is 1. The molecule has 1 heterocycles. The molecule has 0 saturated carbocycles. The summed E-state index contributed by atoms with van der Waals surface area (Å²) in [5.41, 5.74) is 2.99. The van der Waals surface area contributed by atoms with Crippen LogP contribution in [0.2, 0.25) is 0 Å². The van der Waals surface area contributed by atoms with Gasteiger partial charge in [-0.1, -0.05) is 50.6 Å². The number of carbonyl (C=O) groups excluding carboxylic acids is 1. The van der Waals surface area contributed by atoms with Crippen LogP contribution in [-0.4, -0.2) is 26.2 Å². The molecule has 0 unspecified atom stereocenters. The highest BCUT2D eigenvalue weighted by Crippen LogP contribution is 2.25. The maximum Gasteiger partial charge on any atom is 0.263 e. The van der Waals surface area contributed by atoms with Gasteiger partial charge in [-0.15, -0.1) is 0 Å². The van der Waals surface area contributed by atoms with Crippen LogP contribution in [0.15, 0.2) is 88.8 Å². The first-order valence-corrected chi connectivity index (χ1v) is 12.3. The third kappa shape index (κ3) is 5.06. The highest BCUT2D eigenvalue weighted by atomic mass is 32.2. The van der Waals surface area contributed by atoms with Crippen molar-refractivity contribution in [2.45, 2.75) is 31.2 Å². The lowest BCUT2D eigenvalue weighted by Gasteiger charge is -2.19. The predicted molar refractivity (Wildman–Crippen MR) is 131 cm³/mol. The molecule has 0 saturated heterocycles. The summed E-state index contributed by atoms with van der Waals surface area (Å²) in [4.78, 5) is 17.9. The standard InChI is InChI=1S/C25H26N4O3S/c1-3-17(2)23(28-24-21-11-7-8-12-22(21)33(31,32)29-24)25(30)27-20-15-13-19(14-16-20)26-18-9-5-4-6-10-18/h4-17,23,26H,3H2,1-2H3,(H,27,30)(H,28,29)/t17-,23-/m0/s1. The maximum atomic E-state index is 13.1. The van der Waals surface area contributed by atoms with E-state index in [0.717, 1.165) is 11.4 Å². The van der Waals surface area contributed by atoms with Crippen molar-refractivity contribution < 1.29 is 13.2 Å². The van der Waals surface area contributed by atoms with Gasteiger partial charge in [-0.2, -0.15) is 0 Å². The number of sulfonamides is 1. The number of hydrogen-bond acceptors (Lipinski definition) is 5. The van der Waals surface area contributed by atoms with E-state index in [9.17, 15) is 13.2 Å². The van der Waals surface area contributed by atoms with Gasteiger partial charge in [-0.3, -0.25) is 14.5 Å². The molecule has 170 valence electrons. The van der Waals surface area contributed by atoms with E-state index >= 15 is 0 Å². The summed E-state index contributed by atoms with van der Waals surface area (Å²) in [5.74, 6) is -0.175. The highest BCUT2D eigenvalue weighted by molar-refractivity contribution is 7.90. The monoisotopic (exact) mass is 462 g/mol. The van der Waals surface area contributed by atoms with E-state index in [-0.39, 0.29) is 22.6 Å². The molecule has 0 bridgehead atoms. The molecule has 3 aromatic rings. The van der Waals surface area contributed by atoms with E-state index in [1.165, 1.54) is 6.07 Å². The number of amidine groups is 1. The number of nitrogens with zero attached hydrogens (tertiary/aromatic N) is 1. The average molecular weight is 463 g/mol. The SMILES string of the molecule is CC[C@H](C)[C@H](N=C1NS(=O)(=O)c2ccccc21)C(=O)Nc1ccc(Nc2ccccc2)cc1. The summed E-state index contributed by atoms with van der Waals surface area (Å²) >= 11 is 0. The average Bonchev–Trinajstić information content (AvgIpc) is 3.09. The van der Waals surface area contributed by atoms with Crippen LogP contribution < -0.4 is 15.4 Å². The minimum atomic E-state index is -3.67. The fourth-order valence-electron chi connectivity index (χ4n) is 3.58. The lowest BCUT2D eigenvalue weighted by molar-refractivity contribution is -0.118. The molecule has 0 aromatic heterocycles. The van der Waals surface area contributed by atoms with Gasteiger partial charge >= 0.3 is 0 Å². The topological polar surface area (TPSA) is 99.7 Å². The molecule has 4 rings (SSSR count). The first-order chi connectivity index (χ1) is 15.9. The van der Waals surface area contributed by atoms with Gasteiger partial charge in [0.05, 0.1) is 4.90 Å². The number of hydrogen-bond donors (Lipinski definition) is 3. The number of rotatable bonds is 7. The molecule has 2 atom stereocenters. The van der Waals surface area contributed by atoms with Crippen LogP contribution in [0.3, 0.4) is 0 Å². The Labute approximate surface area is 194 Å². The van der Waals surface area contributed by atoms with Crippen LogP contribution in [-0.2, 0) is 14.8 Å². The normalized spacial score (nSPS) is 17.0. The first kappa shape index (κ1) is 22.5. The predicted octanol–water partition coefficient (Wildman–Crippen LogP) is 4.52. The number of anilines is 3. The largest absolute Gasteiger partial charge is 0.356 e.